The number of rotatable bonds is 5. The first-order valence-corrected chi connectivity index (χ1v) is 5.78. The zero-order valence-electron chi connectivity index (χ0n) is 10.0. The van der Waals surface area contributed by atoms with E-state index in [0.29, 0.717) is 13.0 Å². The predicted molar refractivity (Wildman–Crippen MR) is 66.9 cm³/mol. The van der Waals surface area contributed by atoms with Crippen molar-refractivity contribution in [2.45, 2.75) is 6.42 Å². The lowest BCUT2D eigenvalue weighted by Gasteiger charge is -2.05. The number of halogens is 1. The van der Waals surface area contributed by atoms with Crippen molar-refractivity contribution in [3.8, 4) is 5.95 Å². The van der Waals surface area contributed by atoms with E-state index in [1.807, 2.05) is 0 Å². The van der Waals surface area contributed by atoms with Crippen LogP contribution in [0.25, 0.3) is 5.95 Å². The Bertz CT molecular complexity index is 557. The summed E-state index contributed by atoms with van der Waals surface area (Å²) < 4.78 is 1.36. The monoisotopic (exact) mass is 282 g/mol. The standard InChI is InChI=1S/C9H11ClN8O/c1-11-6(19)2-3-13-8-15-7(10)16-9(17-8)18-5-12-4-14-18/h4-5H,2-3H2,1H3,(H,11,19)(H,13,15,16,17). The number of anilines is 1. The molecule has 0 saturated carbocycles. The van der Waals surface area contributed by atoms with E-state index < -0.39 is 0 Å². The van der Waals surface area contributed by atoms with Gasteiger partial charge in [-0.1, -0.05) is 0 Å². The van der Waals surface area contributed by atoms with Gasteiger partial charge in [-0.15, -0.1) is 0 Å². The highest BCUT2D eigenvalue weighted by Crippen LogP contribution is 2.08. The van der Waals surface area contributed by atoms with Crippen LogP contribution in [0.5, 0.6) is 0 Å². The summed E-state index contributed by atoms with van der Waals surface area (Å²) in [6.07, 6.45) is 3.11. The van der Waals surface area contributed by atoms with Crippen molar-refractivity contribution in [2.75, 3.05) is 18.9 Å². The Labute approximate surface area is 113 Å². The average Bonchev–Trinajstić information content (AvgIpc) is 2.91. The van der Waals surface area contributed by atoms with Crippen molar-refractivity contribution in [1.82, 2.24) is 35.0 Å². The third-order valence-corrected chi connectivity index (χ3v) is 2.30. The molecule has 0 aliphatic rings. The molecule has 0 saturated heterocycles. The largest absolute Gasteiger partial charge is 0.359 e. The molecule has 1 amide bonds. The van der Waals surface area contributed by atoms with Gasteiger partial charge in [-0.25, -0.2) is 4.98 Å². The van der Waals surface area contributed by atoms with Crippen LogP contribution in [0.15, 0.2) is 12.7 Å². The molecule has 0 fully saturated rings. The van der Waals surface area contributed by atoms with Crippen LogP contribution >= 0.6 is 11.6 Å². The lowest BCUT2D eigenvalue weighted by Crippen LogP contribution is -2.21. The molecule has 0 spiro atoms. The molecule has 0 aliphatic carbocycles. The van der Waals surface area contributed by atoms with Crippen molar-refractivity contribution in [2.24, 2.45) is 0 Å². The van der Waals surface area contributed by atoms with Gasteiger partial charge >= 0.3 is 0 Å². The van der Waals surface area contributed by atoms with E-state index in [9.17, 15) is 4.79 Å². The van der Waals surface area contributed by atoms with Crippen LogP contribution in [0.4, 0.5) is 5.95 Å². The zero-order chi connectivity index (χ0) is 13.7. The van der Waals surface area contributed by atoms with Crippen LogP contribution in [0.3, 0.4) is 0 Å². The molecule has 2 N–H and O–H groups in total. The van der Waals surface area contributed by atoms with Crippen molar-refractivity contribution >= 4 is 23.5 Å². The van der Waals surface area contributed by atoms with Gasteiger partial charge in [0.1, 0.15) is 12.7 Å². The summed E-state index contributed by atoms with van der Waals surface area (Å²) >= 11 is 5.79. The maximum atomic E-state index is 11.1. The van der Waals surface area contributed by atoms with Crippen LogP contribution in [0.2, 0.25) is 5.28 Å². The van der Waals surface area contributed by atoms with E-state index in [1.165, 1.54) is 17.3 Å². The highest BCUT2D eigenvalue weighted by molar-refractivity contribution is 6.28. The molecule has 2 aromatic heterocycles. The summed E-state index contributed by atoms with van der Waals surface area (Å²) in [5.41, 5.74) is 0. The van der Waals surface area contributed by atoms with Crippen LogP contribution in [-0.4, -0.2) is 49.2 Å². The Morgan fingerprint density at radius 1 is 1.42 bits per heavy atom. The molecule has 100 valence electrons. The Balaban J connectivity index is 2.07. The molecule has 19 heavy (non-hydrogen) atoms. The molecule has 2 rings (SSSR count). The molecule has 9 nitrogen and oxygen atoms in total. The number of hydrogen-bond acceptors (Lipinski definition) is 7. The van der Waals surface area contributed by atoms with E-state index >= 15 is 0 Å². The second kappa shape index (κ2) is 6.05. The van der Waals surface area contributed by atoms with Gasteiger partial charge in [-0.2, -0.15) is 24.7 Å². The Morgan fingerprint density at radius 2 is 2.26 bits per heavy atom. The minimum Gasteiger partial charge on any atom is -0.359 e. The molecule has 10 heteroatoms. The highest BCUT2D eigenvalue weighted by Gasteiger charge is 2.07. The zero-order valence-corrected chi connectivity index (χ0v) is 10.8. The molecule has 0 aliphatic heterocycles. The molecule has 0 aromatic carbocycles. The van der Waals surface area contributed by atoms with Gasteiger partial charge in [0.05, 0.1) is 0 Å². The van der Waals surface area contributed by atoms with Gasteiger partial charge in [0, 0.05) is 20.0 Å². The normalized spacial score (nSPS) is 10.2. The van der Waals surface area contributed by atoms with Crippen molar-refractivity contribution in [3.63, 3.8) is 0 Å². The number of aromatic nitrogens is 6. The van der Waals surface area contributed by atoms with Crippen molar-refractivity contribution < 1.29 is 4.79 Å². The van der Waals surface area contributed by atoms with Gasteiger partial charge in [0.2, 0.25) is 17.1 Å². The van der Waals surface area contributed by atoms with Crippen LogP contribution in [-0.2, 0) is 4.79 Å². The number of amides is 1. The Morgan fingerprint density at radius 3 is 2.95 bits per heavy atom. The fraction of sp³-hybridized carbons (Fsp3) is 0.333. The fourth-order valence-electron chi connectivity index (χ4n) is 1.25. The first-order valence-electron chi connectivity index (χ1n) is 5.40. The fourth-order valence-corrected chi connectivity index (χ4v) is 1.40. The van der Waals surface area contributed by atoms with Crippen LogP contribution in [0, 0.1) is 0 Å². The molecule has 0 unspecified atom stereocenters. The molecule has 0 bridgehead atoms. The summed E-state index contributed by atoms with van der Waals surface area (Å²) in [5.74, 6) is 0.443. The quantitative estimate of drug-likeness (QED) is 0.771. The summed E-state index contributed by atoms with van der Waals surface area (Å²) in [7, 11) is 1.57. The number of carbonyl (C=O) groups excluding carboxylic acids is 1. The Hall–Kier alpha value is -2.29. The lowest BCUT2D eigenvalue weighted by molar-refractivity contribution is -0.120. The third-order valence-electron chi connectivity index (χ3n) is 2.13. The first-order chi connectivity index (χ1) is 9.19. The van der Waals surface area contributed by atoms with Crippen LogP contribution < -0.4 is 10.6 Å². The van der Waals surface area contributed by atoms with Gasteiger partial charge in [-0.3, -0.25) is 4.79 Å². The third kappa shape index (κ3) is 3.58. The van der Waals surface area contributed by atoms with Gasteiger partial charge in [-0.05, 0) is 11.6 Å². The van der Waals surface area contributed by atoms with E-state index in [2.05, 4.69) is 35.7 Å². The van der Waals surface area contributed by atoms with E-state index in [0.717, 1.165) is 0 Å². The molecule has 2 heterocycles. The summed E-state index contributed by atoms with van der Waals surface area (Å²) in [6.45, 7) is 0.386. The number of nitrogens with one attached hydrogen (secondary N) is 2. The molecule has 0 atom stereocenters. The second-order valence-electron chi connectivity index (χ2n) is 3.42. The Kier molecular flexibility index (Phi) is 4.18. The maximum Gasteiger partial charge on any atom is 0.258 e. The van der Waals surface area contributed by atoms with Gasteiger partial charge < -0.3 is 10.6 Å². The van der Waals surface area contributed by atoms with Gasteiger partial charge in [0.25, 0.3) is 5.95 Å². The number of carbonyl (C=O) groups is 1. The SMILES string of the molecule is CNC(=O)CCNc1nc(Cl)nc(-n2cncn2)n1. The highest BCUT2D eigenvalue weighted by atomic mass is 35.5. The van der Waals surface area contributed by atoms with Crippen molar-refractivity contribution in [1.29, 1.82) is 0 Å². The molecular weight excluding hydrogens is 272 g/mol. The predicted octanol–water partition coefficient (Wildman–Crippen LogP) is -0.346. The van der Waals surface area contributed by atoms with E-state index in [-0.39, 0.29) is 23.1 Å². The molecular formula is C9H11ClN8O. The maximum absolute atomic E-state index is 11.1. The summed E-state index contributed by atoms with van der Waals surface area (Å²) in [5, 5.41) is 9.32. The second-order valence-corrected chi connectivity index (χ2v) is 3.76. The van der Waals surface area contributed by atoms with Gasteiger partial charge in [0.15, 0.2) is 0 Å². The van der Waals surface area contributed by atoms with E-state index in [1.54, 1.807) is 7.05 Å². The lowest BCUT2D eigenvalue weighted by atomic mass is 10.4. The topological polar surface area (TPSA) is 111 Å². The van der Waals surface area contributed by atoms with Crippen molar-refractivity contribution in [3.05, 3.63) is 17.9 Å². The average molecular weight is 283 g/mol. The number of hydrogen-bond donors (Lipinski definition) is 2. The minimum atomic E-state index is -0.0795. The van der Waals surface area contributed by atoms with Crippen LogP contribution in [0.1, 0.15) is 6.42 Å². The molecule has 0 radical (unpaired) electrons. The van der Waals surface area contributed by atoms with E-state index in [4.69, 9.17) is 11.6 Å². The molecule has 2 aromatic rings. The number of nitrogens with zero attached hydrogens (tertiary/aromatic N) is 6. The summed E-state index contributed by atoms with van der Waals surface area (Å²) in [6, 6.07) is 0. The minimum absolute atomic E-state index is 0.0305. The summed E-state index contributed by atoms with van der Waals surface area (Å²) in [4.78, 5) is 26.8. The first kappa shape index (κ1) is 13.1. The smallest absolute Gasteiger partial charge is 0.258 e.